The molecule has 0 unspecified atom stereocenters. The van der Waals surface area contributed by atoms with Crippen LogP contribution in [0.5, 0.6) is 11.5 Å². The van der Waals surface area contributed by atoms with E-state index in [0.717, 1.165) is 0 Å². The lowest BCUT2D eigenvalue weighted by atomic mass is 10.3. The third kappa shape index (κ3) is 4.24. The minimum absolute atomic E-state index is 0. The van der Waals surface area contributed by atoms with Crippen LogP contribution in [0.25, 0.3) is 0 Å². The number of nitrogens with one attached hydrogen (secondary N) is 1. The molecule has 0 aliphatic rings. The van der Waals surface area contributed by atoms with Crippen LogP contribution in [-0.2, 0) is 10.0 Å². The van der Waals surface area contributed by atoms with Crippen molar-refractivity contribution in [2.75, 3.05) is 41.4 Å². The van der Waals surface area contributed by atoms with Gasteiger partial charge in [-0.05, 0) is 19.2 Å². The maximum absolute atomic E-state index is 12.3. The van der Waals surface area contributed by atoms with Crippen LogP contribution in [-0.4, -0.2) is 54.1 Å². The van der Waals surface area contributed by atoms with E-state index in [4.69, 9.17) is 9.47 Å². The summed E-state index contributed by atoms with van der Waals surface area (Å²) in [4.78, 5) is 0.184. The molecule has 20 heavy (non-hydrogen) atoms. The Kier molecular flexibility index (Phi) is 7.88. The van der Waals surface area contributed by atoms with Gasteiger partial charge in [0.15, 0.2) is 11.5 Å². The molecule has 1 N–H and O–H groups in total. The Morgan fingerprint density at radius 1 is 1.20 bits per heavy atom. The Morgan fingerprint density at radius 2 is 1.80 bits per heavy atom. The molecule has 1 rings (SSSR count). The van der Waals surface area contributed by atoms with Gasteiger partial charge in [-0.25, -0.2) is 8.42 Å². The highest BCUT2D eigenvalue weighted by molar-refractivity contribution is 7.89. The molecule has 8 heteroatoms. The molecule has 1 aromatic carbocycles. The maximum atomic E-state index is 12.3. The van der Waals surface area contributed by atoms with Gasteiger partial charge in [0.25, 0.3) is 0 Å². The molecule has 0 bridgehead atoms. The predicted molar refractivity (Wildman–Crippen MR) is 80.5 cm³/mol. The second-order valence-electron chi connectivity index (χ2n) is 3.95. The van der Waals surface area contributed by atoms with E-state index in [0.29, 0.717) is 24.6 Å². The number of methoxy groups -OCH3 is 2. The monoisotopic (exact) mass is 324 g/mol. The molecule has 0 aliphatic carbocycles. The Balaban J connectivity index is 0.00000361. The number of halogens is 1. The summed E-state index contributed by atoms with van der Waals surface area (Å²) in [6.07, 6.45) is 0. The number of hydrogen-bond donors (Lipinski definition) is 1. The van der Waals surface area contributed by atoms with Crippen LogP contribution >= 0.6 is 12.4 Å². The fourth-order valence-corrected chi connectivity index (χ4v) is 2.73. The minimum Gasteiger partial charge on any atom is -0.493 e. The van der Waals surface area contributed by atoms with Gasteiger partial charge in [-0.1, -0.05) is 0 Å². The summed E-state index contributed by atoms with van der Waals surface area (Å²) < 4.78 is 36.1. The molecule has 6 nitrogen and oxygen atoms in total. The van der Waals surface area contributed by atoms with Gasteiger partial charge in [0.1, 0.15) is 0 Å². The zero-order valence-electron chi connectivity index (χ0n) is 12.0. The van der Waals surface area contributed by atoms with Gasteiger partial charge >= 0.3 is 0 Å². The van der Waals surface area contributed by atoms with E-state index in [1.165, 1.54) is 30.7 Å². The van der Waals surface area contributed by atoms with Crippen molar-refractivity contribution >= 4 is 22.4 Å². The van der Waals surface area contributed by atoms with Crippen molar-refractivity contribution in [3.05, 3.63) is 18.2 Å². The zero-order chi connectivity index (χ0) is 14.5. The first-order chi connectivity index (χ1) is 8.97. The van der Waals surface area contributed by atoms with Crippen molar-refractivity contribution in [1.29, 1.82) is 0 Å². The molecular weight excluding hydrogens is 304 g/mol. The van der Waals surface area contributed by atoms with Gasteiger partial charge in [-0.2, -0.15) is 4.31 Å². The Bertz CT molecular complexity index is 522. The summed E-state index contributed by atoms with van der Waals surface area (Å²) in [7, 11) is 2.78. The van der Waals surface area contributed by atoms with Gasteiger partial charge in [-0.15, -0.1) is 12.4 Å². The van der Waals surface area contributed by atoms with Crippen LogP contribution in [0, 0.1) is 0 Å². The van der Waals surface area contributed by atoms with Crippen molar-refractivity contribution in [2.24, 2.45) is 0 Å². The van der Waals surface area contributed by atoms with Crippen LogP contribution in [0.15, 0.2) is 23.1 Å². The number of ether oxygens (including phenoxy) is 2. The second-order valence-corrected chi connectivity index (χ2v) is 5.99. The van der Waals surface area contributed by atoms with Crippen molar-refractivity contribution in [2.45, 2.75) is 4.90 Å². The Labute approximate surface area is 126 Å². The number of hydrogen-bond acceptors (Lipinski definition) is 5. The third-order valence-electron chi connectivity index (χ3n) is 2.74. The minimum atomic E-state index is -3.51. The van der Waals surface area contributed by atoms with Crippen LogP contribution in [0.3, 0.4) is 0 Å². The third-order valence-corrected chi connectivity index (χ3v) is 4.59. The first-order valence-corrected chi connectivity index (χ1v) is 7.24. The van der Waals surface area contributed by atoms with Crippen molar-refractivity contribution in [1.82, 2.24) is 9.62 Å². The quantitative estimate of drug-likeness (QED) is 0.809. The highest BCUT2D eigenvalue weighted by Crippen LogP contribution is 2.30. The van der Waals surface area contributed by atoms with E-state index in [-0.39, 0.29) is 17.3 Å². The summed E-state index contributed by atoms with van der Waals surface area (Å²) in [6.45, 7) is 0.982. The summed E-state index contributed by atoms with van der Waals surface area (Å²) in [5, 5.41) is 2.91. The van der Waals surface area contributed by atoms with Gasteiger partial charge in [0.05, 0.1) is 19.1 Å². The molecule has 0 aromatic heterocycles. The van der Waals surface area contributed by atoms with E-state index in [1.807, 2.05) is 0 Å². The molecule has 0 radical (unpaired) electrons. The van der Waals surface area contributed by atoms with Gasteiger partial charge in [0, 0.05) is 26.2 Å². The lowest BCUT2D eigenvalue weighted by molar-refractivity contribution is 0.353. The Morgan fingerprint density at radius 3 is 2.30 bits per heavy atom. The Hall–Kier alpha value is -1.02. The second kappa shape index (κ2) is 8.31. The van der Waals surface area contributed by atoms with Gasteiger partial charge < -0.3 is 14.8 Å². The SMILES string of the molecule is CNCCN(C)S(=O)(=O)c1ccc(OC)c(OC)c1.Cl. The fraction of sp³-hybridized carbons (Fsp3) is 0.500. The number of rotatable bonds is 7. The fourth-order valence-electron chi connectivity index (χ4n) is 1.55. The molecule has 0 aliphatic heterocycles. The number of nitrogens with zero attached hydrogens (tertiary/aromatic N) is 1. The molecule has 116 valence electrons. The van der Waals surface area contributed by atoms with E-state index in [1.54, 1.807) is 20.2 Å². The summed E-state index contributed by atoms with van der Waals surface area (Å²) in [6, 6.07) is 4.55. The topological polar surface area (TPSA) is 67.9 Å². The number of likely N-dealkylation sites (N-methyl/N-ethyl adjacent to an activating group) is 2. The number of sulfonamides is 1. The molecule has 0 spiro atoms. The van der Waals surface area contributed by atoms with Crippen molar-refractivity contribution in [3.63, 3.8) is 0 Å². The molecule has 0 atom stereocenters. The number of benzene rings is 1. The standard InChI is InChI=1S/C12H20N2O4S.ClH/c1-13-7-8-14(2)19(15,16)10-5-6-11(17-3)12(9-10)18-4;/h5-6,9,13H,7-8H2,1-4H3;1H. The van der Waals surface area contributed by atoms with Crippen LogP contribution in [0.2, 0.25) is 0 Å². The maximum Gasteiger partial charge on any atom is 0.242 e. The average Bonchev–Trinajstić information content (AvgIpc) is 2.43. The van der Waals surface area contributed by atoms with Crippen LogP contribution in [0.4, 0.5) is 0 Å². The normalized spacial score (nSPS) is 11.1. The van der Waals surface area contributed by atoms with E-state index >= 15 is 0 Å². The lowest BCUT2D eigenvalue weighted by Gasteiger charge is -2.18. The van der Waals surface area contributed by atoms with Crippen LogP contribution in [0.1, 0.15) is 0 Å². The molecule has 0 saturated carbocycles. The smallest absolute Gasteiger partial charge is 0.242 e. The molecular formula is C12H21ClN2O4S. The van der Waals surface area contributed by atoms with Gasteiger partial charge in [-0.3, -0.25) is 0 Å². The molecule has 0 amide bonds. The highest BCUT2D eigenvalue weighted by atomic mass is 35.5. The first kappa shape index (κ1) is 19.0. The van der Waals surface area contributed by atoms with Gasteiger partial charge in [0.2, 0.25) is 10.0 Å². The van der Waals surface area contributed by atoms with E-state index in [9.17, 15) is 8.42 Å². The predicted octanol–water partition coefficient (Wildman–Crippen LogP) is 0.966. The summed E-state index contributed by atoms with van der Waals surface area (Å²) in [5.41, 5.74) is 0. The molecule has 0 saturated heterocycles. The zero-order valence-corrected chi connectivity index (χ0v) is 13.7. The highest BCUT2D eigenvalue weighted by Gasteiger charge is 2.21. The molecule has 0 heterocycles. The van der Waals surface area contributed by atoms with Crippen LogP contribution < -0.4 is 14.8 Å². The van der Waals surface area contributed by atoms with Crippen molar-refractivity contribution in [3.8, 4) is 11.5 Å². The largest absolute Gasteiger partial charge is 0.493 e. The van der Waals surface area contributed by atoms with E-state index < -0.39 is 10.0 Å². The lowest BCUT2D eigenvalue weighted by Crippen LogP contribution is -2.32. The average molecular weight is 325 g/mol. The molecule has 0 fully saturated rings. The van der Waals surface area contributed by atoms with Crippen molar-refractivity contribution < 1.29 is 17.9 Å². The summed E-state index contributed by atoms with van der Waals surface area (Å²) in [5.74, 6) is 0.893. The first-order valence-electron chi connectivity index (χ1n) is 5.80. The summed E-state index contributed by atoms with van der Waals surface area (Å²) >= 11 is 0. The molecule has 1 aromatic rings. The van der Waals surface area contributed by atoms with E-state index in [2.05, 4.69) is 5.32 Å².